The molecule has 8 saturated carbocycles. The summed E-state index contributed by atoms with van der Waals surface area (Å²) in [4.78, 5) is 5.75. The van der Waals surface area contributed by atoms with Crippen molar-refractivity contribution in [3.8, 4) is 46.0 Å². The lowest BCUT2D eigenvalue weighted by atomic mass is 9.71. The molecule has 16 rings (SSSR count). The van der Waals surface area contributed by atoms with E-state index in [-0.39, 0.29) is 225 Å². The maximum atomic E-state index is 11.7. The van der Waals surface area contributed by atoms with Gasteiger partial charge in [-0.25, -0.2) is 0 Å². The summed E-state index contributed by atoms with van der Waals surface area (Å²) in [6.07, 6.45) is -16.2. The number of ether oxygens (including phenoxy) is 2. The smallest absolute Gasteiger partial charge is 0.293 e. The van der Waals surface area contributed by atoms with E-state index >= 15 is 0 Å². The van der Waals surface area contributed by atoms with Crippen LogP contribution in [0.1, 0.15) is 333 Å². The fourth-order valence-corrected chi connectivity index (χ4v) is 18.7. The third-order valence-electron chi connectivity index (χ3n) is 25.5. The van der Waals surface area contributed by atoms with Crippen LogP contribution in [0.15, 0.2) is 194 Å². The van der Waals surface area contributed by atoms with Gasteiger partial charge in [-0.2, -0.15) is 0 Å². The van der Waals surface area contributed by atoms with E-state index in [0.717, 1.165) is 41.1 Å². The summed E-state index contributed by atoms with van der Waals surface area (Å²) in [6.45, 7) is -35.8. The van der Waals surface area contributed by atoms with E-state index in [1.165, 1.54) is 154 Å². The Hall–Kier alpha value is -8.48. The highest BCUT2D eigenvalue weighted by Crippen LogP contribution is 2.51. The molecule has 14 N–H and O–H groups in total. The van der Waals surface area contributed by atoms with Gasteiger partial charge in [0.2, 0.25) is 0 Å². The minimum Gasteiger partial charge on any atom is -0.508 e. The van der Waals surface area contributed by atoms with Crippen molar-refractivity contribution in [2.45, 2.75) is 250 Å². The van der Waals surface area contributed by atoms with Crippen molar-refractivity contribution >= 4 is 0 Å². The zero-order valence-electron chi connectivity index (χ0n) is 148. The number of hydrogen-bond donors (Lipinski definition) is 14. The highest BCUT2D eigenvalue weighted by atomic mass is 16.5. The van der Waals surface area contributed by atoms with Crippen molar-refractivity contribution in [3.05, 3.63) is 239 Å². The van der Waals surface area contributed by atoms with Crippen LogP contribution in [0.3, 0.4) is 0 Å². The molecule has 0 spiro atoms. The van der Waals surface area contributed by atoms with Crippen LogP contribution in [-0.4, -0.2) is 293 Å². The molecular weight excluding hydrogens is 1830 g/mol. The molecule has 24 heteroatoms. The molecule has 8 aliphatic carbocycles. The molecule has 0 radical (unpaired) electrons. The number of hydrogen-bond acceptors (Lipinski definition) is 24. The molecule has 8 aromatic carbocycles. The van der Waals surface area contributed by atoms with E-state index in [2.05, 4.69) is 15.3 Å². The van der Waals surface area contributed by atoms with Crippen LogP contribution in [0, 0.1) is 47.2 Å². The maximum Gasteiger partial charge on any atom is 0.293 e. The Kier molecular flexibility index (Phi) is 22.8. The van der Waals surface area contributed by atoms with Crippen LogP contribution in [0.4, 0.5) is 0 Å². The zero-order chi connectivity index (χ0) is 162. The van der Waals surface area contributed by atoms with Gasteiger partial charge in [0.15, 0.2) is 0 Å². The van der Waals surface area contributed by atoms with E-state index in [1.807, 2.05) is 28.2 Å². The van der Waals surface area contributed by atoms with Crippen molar-refractivity contribution in [2.75, 3.05) is 178 Å². The van der Waals surface area contributed by atoms with Crippen molar-refractivity contribution in [1.29, 1.82) is 4.29 Å². The Bertz CT molecular complexity index is 8020. The van der Waals surface area contributed by atoms with Gasteiger partial charge in [0.05, 0.1) is 67.1 Å². The first-order valence-electron chi connectivity index (χ1n) is 79.9. The lowest BCUT2D eigenvalue weighted by molar-refractivity contribution is -0.0621. The minimum atomic E-state index is -3.60. The summed E-state index contributed by atoms with van der Waals surface area (Å²) in [5.41, 5.74) is -19.5. The SMILES string of the molecule is [2H]C([2H])([2H])N(C)C[C@]1([2H])CCCC([2H])([2H])[C@@]1(O)c1cccc(O)c1.[2H]C([2H])([2H])N(C[C@]1([2H])CCCC([2H])([2H])[C@@]1(O)c1cccc(O)c1)C([2H])([2H])[2H].[2H]C([2H])([2H])Oc1cccc([C@]2(O)C([2H])([2H])CCC[C@@]2([2H])C([2H])([2H])N(C([2H])([2H])[2H])C([2H])([2H])[2H])c1.[2H]C([2H])([2H])Oc1cccc([C@]2(O)C([2H])([2H])CCC[C@@]2([2H])C([2H])([2H])N(C)C([2H])([2H])[2H])c1.[2H]C1([2H])CCC[C@@]([2H])(CN(C)C)[C@]1(O)c1cccc(O)c1.[2H]Oc1cccc([C@]2(O)C([2H])([2H])CCC[C@@]2([2H])CN(C([2H])([2H])[2H])C([2H])([2H])[2H])c1.[2H]Oc1cccc([C@]2(O)C([2H])([2H])CCC[C@@]2([2H])CN(C)C([2H])([2H])[2H])c1.[2H]Oc1cccc([C@]2(O)C([2H])([2H])CCC[C@@]2([2H])CN(C)C)c1. The quantitative estimate of drug-likeness (QED) is 0.0207. The minimum absolute atomic E-state index is 0.00172. The number of benzene rings is 8. The molecule has 24 nitrogen and oxygen atoms in total. The van der Waals surface area contributed by atoms with Gasteiger partial charge in [0.1, 0.15) is 46.0 Å². The Morgan fingerprint density at radius 1 is 0.253 bits per heavy atom. The summed E-state index contributed by atoms with van der Waals surface area (Å²) < 4.78 is 516. The molecule has 0 heterocycles. The van der Waals surface area contributed by atoms with Crippen molar-refractivity contribution in [1.82, 2.24) is 39.2 Å². The van der Waals surface area contributed by atoms with Gasteiger partial charge in [-0.05, 0) is 356 Å². The summed E-state index contributed by atoms with van der Waals surface area (Å²) in [6, 6.07) is 43.4. The highest BCUT2D eigenvalue weighted by Gasteiger charge is 2.49. The lowest BCUT2D eigenvalue weighted by Gasteiger charge is -2.41. The summed E-state index contributed by atoms with van der Waals surface area (Å²) in [5, 5.41) is 134. The molecule has 0 bridgehead atoms. The van der Waals surface area contributed by atoms with Crippen LogP contribution < -0.4 is 9.47 Å². The topological polar surface area (TPSA) is 328 Å². The second-order valence-electron chi connectivity index (χ2n) is 37.5. The fourth-order valence-electron chi connectivity index (χ4n) is 18.7. The molecule has 0 aromatic heterocycles. The Morgan fingerprint density at radius 3 is 0.671 bits per heavy atom. The molecular formula is C122H188N8O16. The summed E-state index contributed by atoms with van der Waals surface area (Å²) >= 11 is 0. The molecule has 146 heavy (non-hydrogen) atoms. The van der Waals surface area contributed by atoms with E-state index in [0.29, 0.717) is 49.0 Å². The maximum absolute atomic E-state index is 11.7. The second-order valence-corrected chi connectivity index (χ2v) is 37.5. The van der Waals surface area contributed by atoms with Gasteiger partial charge < -0.3 is 120 Å². The van der Waals surface area contributed by atoms with E-state index < -0.39 is 263 Å². The molecule has 0 amide bonds. The molecule has 0 unspecified atom stereocenters. The summed E-state index contributed by atoms with van der Waals surface area (Å²) in [7, 11) is 5.12. The molecule has 8 fully saturated rings. The molecule has 16 atom stereocenters. The zero-order valence-corrected chi connectivity index (χ0v) is 83.7. The van der Waals surface area contributed by atoms with Gasteiger partial charge in [-0.15, -0.1) is 0 Å². The van der Waals surface area contributed by atoms with E-state index in [1.54, 1.807) is 40.1 Å². The first-order valence-corrected chi connectivity index (χ1v) is 48.2. The van der Waals surface area contributed by atoms with Crippen molar-refractivity contribution < 1.29 is 165 Å². The largest absolute Gasteiger partial charge is 0.508 e. The molecule has 812 valence electrons. The number of phenols is 6. The number of aliphatic hydroxyl groups is 8. The van der Waals surface area contributed by atoms with Gasteiger partial charge in [-0.3, -0.25) is 0 Å². The Labute approximate surface area is 966 Å². The lowest BCUT2D eigenvalue weighted by Crippen LogP contribution is -2.43. The van der Waals surface area contributed by atoms with Gasteiger partial charge in [0, 0.05) is 175 Å². The van der Waals surface area contributed by atoms with Crippen LogP contribution in [0.5, 0.6) is 46.0 Å². The predicted octanol–water partition coefficient (Wildman–Crippen LogP) is 19.3. The van der Waals surface area contributed by atoms with Crippen LogP contribution in [0.2, 0.25) is 0 Å². The van der Waals surface area contributed by atoms with Crippen molar-refractivity contribution in [3.63, 3.8) is 0 Å². The normalized spacial score (nSPS) is 42.6. The number of methoxy groups -OCH3 is 2. The van der Waals surface area contributed by atoms with Gasteiger partial charge in [-0.1, -0.05) is 200 Å². The first-order chi connectivity index (χ1) is 94.4. The number of aromatic hydroxyl groups is 6. The third-order valence-corrected chi connectivity index (χ3v) is 25.5. The van der Waals surface area contributed by atoms with Crippen molar-refractivity contribution in [2.24, 2.45) is 47.2 Å². The second kappa shape index (κ2) is 57.1. The average Bonchev–Trinajstić information content (AvgIpc) is 0.671. The third kappa shape index (κ3) is 34.3. The summed E-state index contributed by atoms with van der Waals surface area (Å²) in [5.74, 6) is -17.0. The van der Waals surface area contributed by atoms with E-state index in [4.69, 9.17) is 97.4 Å². The van der Waals surface area contributed by atoms with E-state index in [9.17, 15) is 56.2 Å². The fraction of sp³-hybridized carbons (Fsp3) is 0.607. The van der Waals surface area contributed by atoms with Crippen LogP contribution in [0.25, 0.3) is 0 Å². The molecule has 0 saturated heterocycles. The van der Waals surface area contributed by atoms with Gasteiger partial charge in [0.25, 0.3) is 4.29 Å². The molecule has 8 aromatic rings. The number of nitrogens with zero attached hydrogens (tertiary/aromatic N) is 8. The molecule has 0 aliphatic heterocycles. The highest BCUT2D eigenvalue weighted by molar-refractivity contribution is 5.40. The Balaban J connectivity index is 0.000000259. The van der Waals surface area contributed by atoms with Crippen LogP contribution in [-0.2, 0) is 44.8 Å². The first kappa shape index (κ1) is 58.4. The Morgan fingerprint density at radius 2 is 0.445 bits per heavy atom. The number of rotatable bonds is 29. The predicted molar refractivity (Wildman–Crippen MR) is 590 cm³/mol. The standard InChI is InChI=1S/2C16H25NO2.6C15H23NO2/c2*1-17(2)12-14-7-4-5-10-16(14,18)13-8-6-9-15(11-13)19-3;6*1-16(2)11-13-6-3-4-9-15(13,18)12-7-5-8-14(17)10-12/h2*6,8-9,11,14,18H,4-5,7,10,12H2,1-3H3;6*5,7-8,10,13,17-18H,3-4,6,9,11H2,1-2H3/t2*14-,16+;6*13-,15+/m00000000/s1/i1D3,2D3,3D3,10D2,12D2,14D;1D3,3D3,10D2,12D2,14D;2*1D3,2D3,9D2,13D;2*1D3,9D2,13D;2*9D2,13D/hD3. The molecule has 8 aliphatic rings. The average molecular weight is 2090 g/mol. The van der Waals surface area contributed by atoms with Gasteiger partial charge >= 0.3 is 0 Å². The monoisotopic (exact) mass is 2090 g/mol. The van der Waals surface area contributed by atoms with Crippen LogP contribution >= 0.6 is 0 Å². The number of phenolic OH excluding ortho intramolecular Hbond substituents is 6.